The molecule has 1 amide bonds. The molecule has 0 spiro atoms. The highest BCUT2D eigenvalue weighted by Gasteiger charge is 2.15. The Kier molecular flexibility index (Phi) is 5.85. The summed E-state index contributed by atoms with van der Waals surface area (Å²) in [6.45, 7) is 4.13. The minimum atomic E-state index is -0.376. The lowest BCUT2D eigenvalue weighted by Gasteiger charge is -2.08. The maximum absolute atomic E-state index is 11.4. The van der Waals surface area contributed by atoms with Crippen LogP contribution in [0.3, 0.4) is 0 Å². The molecule has 1 saturated heterocycles. The van der Waals surface area contributed by atoms with Crippen LogP contribution in [0.25, 0.3) is 0 Å². The largest absolute Gasteiger partial charge is 0.465 e. The van der Waals surface area contributed by atoms with Gasteiger partial charge in [0.05, 0.1) is 6.61 Å². The maximum atomic E-state index is 11.4. The number of ether oxygens (including phenoxy) is 1. The minimum Gasteiger partial charge on any atom is -0.465 e. The fourth-order valence-electron chi connectivity index (χ4n) is 1.77. The monoisotopic (exact) mass is 228 g/mol. The number of rotatable bonds is 6. The summed E-state index contributed by atoms with van der Waals surface area (Å²) in [5.74, 6) is 0.159. The quantitative estimate of drug-likeness (QED) is 0.631. The van der Waals surface area contributed by atoms with E-state index < -0.39 is 0 Å². The van der Waals surface area contributed by atoms with E-state index in [0.29, 0.717) is 18.9 Å². The Labute approximate surface area is 95.9 Å². The molecule has 1 unspecified atom stereocenters. The predicted octanol–water partition coefficient (Wildman–Crippen LogP) is 0.0554. The summed E-state index contributed by atoms with van der Waals surface area (Å²) in [7, 11) is 0. The molecular formula is C11H20N2O3. The number of nitrogens with one attached hydrogen (secondary N) is 2. The molecule has 0 aromatic heterocycles. The molecule has 0 bridgehead atoms. The molecule has 0 saturated carbocycles. The maximum Gasteiger partial charge on any atom is 0.325 e. The smallest absolute Gasteiger partial charge is 0.325 e. The van der Waals surface area contributed by atoms with Crippen molar-refractivity contribution in [3.05, 3.63) is 0 Å². The van der Waals surface area contributed by atoms with Gasteiger partial charge in [-0.3, -0.25) is 9.59 Å². The van der Waals surface area contributed by atoms with Crippen LogP contribution in [-0.2, 0) is 14.3 Å². The summed E-state index contributed by atoms with van der Waals surface area (Å²) in [6.07, 6.45) is 2.53. The van der Waals surface area contributed by atoms with Crippen LogP contribution in [0.5, 0.6) is 0 Å². The van der Waals surface area contributed by atoms with Gasteiger partial charge in [-0.25, -0.2) is 0 Å². The van der Waals surface area contributed by atoms with Crippen LogP contribution >= 0.6 is 0 Å². The Balaban J connectivity index is 2.04. The summed E-state index contributed by atoms with van der Waals surface area (Å²) in [5, 5.41) is 5.81. The SMILES string of the molecule is CCOC(=O)CNC(=O)CCC1CCNC1. The number of hydrogen-bond donors (Lipinski definition) is 2. The second-order valence-corrected chi connectivity index (χ2v) is 3.98. The first-order valence-electron chi connectivity index (χ1n) is 5.85. The highest BCUT2D eigenvalue weighted by Crippen LogP contribution is 2.13. The molecule has 0 radical (unpaired) electrons. The predicted molar refractivity (Wildman–Crippen MR) is 59.9 cm³/mol. The van der Waals surface area contributed by atoms with Gasteiger partial charge in [0.2, 0.25) is 5.91 Å². The third-order valence-corrected chi connectivity index (χ3v) is 2.68. The summed E-state index contributed by atoms with van der Waals surface area (Å²) in [5.41, 5.74) is 0. The first-order chi connectivity index (χ1) is 7.72. The van der Waals surface area contributed by atoms with E-state index in [1.54, 1.807) is 6.92 Å². The Morgan fingerprint density at radius 1 is 1.50 bits per heavy atom. The number of hydrogen-bond acceptors (Lipinski definition) is 4. The highest BCUT2D eigenvalue weighted by atomic mass is 16.5. The zero-order valence-corrected chi connectivity index (χ0v) is 9.75. The molecule has 0 aliphatic carbocycles. The molecule has 1 fully saturated rings. The molecule has 1 heterocycles. The molecule has 92 valence electrons. The minimum absolute atomic E-state index is 0.0183. The lowest BCUT2D eigenvalue weighted by atomic mass is 10.0. The molecular weight excluding hydrogens is 208 g/mol. The zero-order chi connectivity index (χ0) is 11.8. The molecule has 5 nitrogen and oxygen atoms in total. The molecule has 2 N–H and O–H groups in total. The van der Waals surface area contributed by atoms with Crippen molar-refractivity contribution in [1.82, 2.24) is 10.6 Å². The Hall–Kier alpha value is -1.10. The van der Waals surface area contributed by atoms with Gasteiger partial charge in [0, 0.05) is 6.42 Å². The first kappa shape index (κ1) is 13.0. The summed E-state index contributed by atoms with van der Waals surface area (Å²) >= 11 is 0. The van der Waals surface area contributed by atoms with Crippen LogP contribution in [0, 0.1) is 5.92 Å². The fraction of sp³-hybridized carbons (Fsp3) is 0.818. The summed E-state index contributed by atoms with van der Waals surface area (Å²) in [6, 6.07) is 0. The molecule has 1 atom stereocenters. The van der Waals surface area contributed by atoms with Gasteiger partial charge >= 0.3 is 5.97 Å². The molecule has 1 rings (SSSR count). The van der Waals surface area contributed by atoms with Gasteiger partial charge in [0.25, 0.3) is 0 Å². The van der Waals surface area contributed by atoms with Crippen molar-refractivity contribution in [2.24, 2.45) is 5.92 Å². The van der Waals surface area contributed by atoms with Crippen molar-refractivity contribution in [2.45, 2.75) is 26.2 Å². The number of esters is 1. The molecule has 1 aliphatic heterocycles. The van der Waals surface area contributed by atoms with Crippen LogP contribution in [0.4, 0.5) is 0 Å². The first-order valence-corrected chi connectivity index (χ1v) is 5.85. The van der Waals surface area contributed by atoms with Crippen LogP contribution in [0.1, 0.15) is 26.2 Å². The molecule has 5 heteroatoms. The molecule has 1 aliphatic rings. The van der Waals surface area contributed by atoms with Gasteiger partial charge in [-0.15, -0.1) is 0 Å². The number of carbonyl (C=O) groups excluding carboxylic acids is 2. The van der Waals surface area contributed by atoms with Gasteiger partial charge in [0.1, 0.15) is 6.54 Å². The molecule has 16 heavy (non-hydrogen) atoms. The van der Waals surface area contributed by atoms with E-state index in [2.05, 4.69) is 10.6 Å². The van der Waals surface area contributed by atoms with Gasteiger partial charge in [-0.2, -0.15) is 0 Å². The van der Waals surface area contributed by atoms with Crippen molar-refractivity contribution in [3.8, 4) is 0 Å². The topological polar surface area (TPSA) is 67.4 Å². The Morgan fingerprint density at radius 3 is 2.94 bits per heavy atom. The Bertz CT molecular complexity index is 237. The van der Waals surface area contributed by atoms with Gasteiger partial charge < -0.3 is 15.4 Å². The van der Waals surface area contributed by atoms with E-state index in [0.717, 1.165) is 25.9 Å². The van der Waals surface area contributed by atoms with Gasteiger partial charge in [-0.05, 0) is 38.8 Å². The van der Waals surface area contributed by atoms with Crippen LogP contribution in [0.2, 0.25) is 0 Å². The van der Waals surface area contributed by atoms with Crippen molar-refractivity contribution in [1.29, 1.82) is 0 Å². The van der Waals surface area contributed by atoms with Crippen LogP contribution in [-0.4, -0.2) is 38.1 Å². The van der Waals surface area contributed by atoms with Crippen LogP contribution in [0.15, 0.2) is 0 Å². The second kappa shape index (κ2) is 7.22. The Morgan fingerprint density at radius 2 is 2.31 bits per heavy atom. The standard InChI is InChI=1S/C11H20N2O3/c1-2-16-11(15)8-13-10(14)4-3-9-5-6-12-7-9/h9,12H,2-8H2,1H3,(H,13,14). The normalized spacial score (nSPS) is 19.4. The average Bonchev–Trinajstić information content (AvgIpc) is 2.77. The van der Waals surface area contributed by atoms with Crippen LogP contribution < -0.4 is 10.6 Å². The lowest BCUT2D eigenvalue weighted by molar-refractivity contribution is -0.143. The number of amides is 1. The van der Waals surface area contributed by atoms with E-state index in [4.69, 9.17) is 4.74 Å². The lowest BCUT2D eigenvalue weighted by Crippen LogP contribution is -2.30. The molecule has 0 aromatic carbocycles. The summed E-state index contributed by atoms with van der Waals surface area (Å²) in [4.78, 5) is 22.3. The second-order valence-electron chi connectivity index (χ2n) is 3.98. The third-order valence-electron chi connectivity index (χ3n) is 2.68. The van der Waals surface area contributed by atoms with E-state index in [9.17, 15) is 9.59 Å². The van der Waals surface area contributed by atoms with Crippen molar-refractivity contribution >= 4 is 11.9 Å². The van der Waals surface area contributed by atoms with E-state index in [-0.39, 0.29) is 18.4 Å². The van der Waals surface area contributed by atoms with E-state index >= 15 is 0 Å². The van der Waals surface area contributed by atoms with E-state index in [1.807, 2.05) is 0 Å². The van der Waals surface area contributed by atoms with Crippen molar-refractivity contribution < 1.29 is 14.3 Å². The van der Waals surface area contributed by atoms with Crippen molar-refractivity contribution in [3.63, 3.8) is 0 Å². The van der Waals surface area contributed by atoms with Gasteiger partial charge in [-0.1, -0.05) is 0 Å². The fourth-order valence-corrected chi connectivity index (χ4v) is 1.77. The van der Waals surface area contributed by atoms with Crippen molar-refractivity contribution in [2.75, 3.05) is 26.2 Å². The van der Waals surface area contributed by atoms with E-state index in [1.165, 1.54) is 0 Å². The highest BCUT2D eigenvalue weighted by molar-refractivity contribution is 5.81. The third kappa shape index (κ3) is 5.11. The average molecular weight is 228 g/mol. The molecule has 0 aromatic rings. The zero-order valence-electron chi connectivity index (χ0n) is 9.75. The number of carbonyl (C=O) groups is 2. The summed E-state index contributed by atoms with van der Waals surface area (Å²) < 4.78 is 4.71. The van der Waals surface area contributed by atoms with Gasteiger partial charge in [0.15, 0.2) is 0 Å².